The first kappa shape index (κ1) is 19.1. The summed E-state index contributed by atoms with van der Waals surface area (Å²) in [4.78, 5) is 48.0. The topological polar surface area (TPSA) is 117 Å². The second-order valence-electron chi connectivity index (χ2n) is 5.27. The van der Waals surface area contributed by atoms with Gasteiger partial charge in [-0.25, -0.2) is 0 Å². The number of H-pyrrole nitrogens is 1. The molecule has 128 valence electrons. The van der Waals surface area contributed by atoms with Gasteiger partial charge < -0.3 is 0 Å². The van der Waals surface area contributed by atoms with Crippen LogP contribution in [0.4, 0.5) is 0 Å². The summed E-state index contributed by atoms with van der Waals surface area (Å²) < 4.78 is 17.4. The molecule has 1 N–H and O–H groups in total. The SMILES string of the molecule is CC(=O)OC[C@H]1O[C@@H](n2c[c]([Hg][Cl])c(=O)[nH]c2=O)C[C@@H]1OC(C)=O. The minimum absolute atomic E-state index is 0.107. The molecule has 1 aliphatic rings. The van der Waals surface area contributed by atoms with E-state index in [9.17, 15) is 19.2 Å². The van der Waals surface area contributed by atoms with Crippen molar-refractivity contribution in [3.8, 4) is 0 Å². The summed E-state index contributed by atoms with van der Waals surface area (Å²) >= 11 is -2.05. The number of carbonyl (C=O) groups excluding carboxylic acids is 2. The van der Waals surface area contributed by atoms with Gasteiger partial charge in [-0.1, -0.05) is 0 Å². The molecule has 0 saturated carbocycles. The second kappa shape index (κ2) is 8.26. The van der Waals surface area contributed by atoms with Crippen molar-refractivity contribution in [1.82, 2.24) is 9.55 Å². The van der Waals surface area contributed by atoms with E-state index in [1.807, 2.05) is 0 Å². The number of aromatic amines is 1. The fourth-order valence-electron chi connectivity index (χ4n) is 2.39. The van der Waals surface area contributed by atoms with Crippen LogP contribution in [-0.2, 0) is 47.1 Å². The molecule has 0 unspecified atom stereocenters. The Morgan fingerprint density at radius 3 is 2.71 bits per heavy atom. The van der Waals surface area contributed by atoms with Gasteiger partial charge in [-0.2, -0.15) is 0 Å². The summed E-state index contributed by atoms with van der Waals surface area (Å²) in [6.45, 7) is 2.40. The molecule has 2 heterocycles. The van der Waals surface area contributed by atoms with Crippen molar-refractivity contribution in [1.29, 1.82) is 0 Å². The average molecular weight is 547 g/mol. The van der Waals surface area contributed by atoms with Crippen LogP contribution in [0.25, 0.3) is 0 Å². The monoisotopic (exact) mass is 548 g/mol. The van der Waals surface area contributed by atoms with Crippen molar-refractivity contribution >= 4 is 23.3 Å². The van der Waals surface area contributed by atoms with E-state index in [-0.39, 0.29) is 13.0 Å². The number of hydrogen-bond donors (Lipinski definition) is 1. The first-order valence-electron chi connectivity index (χ1n) is 7.18. The summed E-state index contributed by atoms with van der Waals surface area (Å²) in [7, 11) is 5.89. The fourth-order valence-corrected chi connectivity index (χ4v) is 5.91. The summed E-state index contributed by atoms with van der Waals surface area (Å²) in [5.74, 6) is -1.01. The van der Waals surface area contributed by atoms with Crippen LogP contribution in [-0.4, -0.2) is 40.3 Å². The van der Waals surface area contributed by atoms with Gasteiger partial charge in [0.1, 0.15) is 0 Å². The average Bonchev–Trinajstić information content (AvgIpc) is 2.87. The van der Waals surface area contributed by atoms with Gasteiger partial charge in [-0.3, -0.25) is 0 Å². The molecule has 0 amide bonds. The van der Waals surface area contributed by atoms with Crippen LogP contribution in [0.15, 0.2) is 15.8 Å². The predicted octanol–water partition coefficient (Wildman–Crippen LogP) is -0.819. The van der Waals surface area contributed by atoms with Gasteiger partial charge >= 0.3 is 152 Å². The number of esters is 2. The van der Waals surface area contributed by atoms with E-state index in [1.165, 1.54) is 24.6 Å². The van der Waals surface area contributed by atoms with Crippen molar-refractivity contribution in [2.24, 2.45) is 0 Å². The van der Waals surface area contributed by atoms with Crippen LogP contribution in [0.5, 0.6) is 0 Å². The van der Waals surface area contributed by atoms with Crippen LogP contribution >= 0.6 is 8.25 Å². The Morgan fingerprint density at radius 1 is 1.42 bits per heavy atom. The second-order valence-corrected chi connectivity index (χ2v) is 11.6. The molecule has 1 aliphatic heterocycles. The van der Waals surface area contributed by atoms with Crippen molar-refractivity contribution in [2.45, 2.75) is 38.7 Å². The molecular weight excluding hydrogens is 532 g/mol. The molecule has 0 radical (unpaired) electrons. The Morgan fingerprint density at radius 2 is 2.12 bits per heavy atom. The van der Waals surface area contributed by atoms with E-state index in [1.54, 1.807) is 0 Å². The van der Waals surface area contributed by atoms with Gasteiger partial charge in [0.05, 0.1) is 0 Å². The van der Waals surface area contributed by atoms with Gasteiger partial charge in [0, 0.05) is 0 Å². The Kier molecular flexibility index (Phi) is 6.58. The Bertz CT molecular complexity index is 747. The maximum atomic E-state index is 12.0. The first-order valence-corrected chi connectivity index (χ1v) is 16.7. The van der Waals surface area contributed by atoms with E-state index in [0.29, 0.717) is 3.07 Å². The zero-order valence-corrected chi connectivity index (χ0v) is 19.4. The predicted molar refractivity (Wildman–Crippen MR) is 77.5 cm³/mol. The molecular formula is C13H15ClHgN2O7. The number of halogens is 1. The van der Waals surface area contributed by atoms with E-state index < -0.39 is 65.0 Å². The number of nitrogens with one attached hydrogen (secondary N) is 1. The number of nitrogens with zero attached hydrogens (tertiary/aromatic N) is 1. The third kappa shape index (κ3) is 4.67. The molecule has 0 spiro atoms. The normalized spacial score (nSPS) is 22.7. The molecule has 0 aliphatic carbocycles. The number of aromatic nitrogens is 2. The molecule has 24 heavy (non-hydrogen) atoms. The third-order valence-electron chi connectivity index (χ3n) is 3.44. The standard InChI is InChI=1S/C13H15N2O7.ClH.Hg/c1-7(16)20-6-10-9(21-8(2)17)5-12(22-10)15-4-3-11(18)14-13(15)19;;/h4,9-10,12H,5-6H2,1-2H3,(H,14,18,19);1H;/q;;+1/p-1/t9-,10+,12+;;/m0../s1. The maximum absolute atomic E-state index is 12.0. The summed E-state index contributed by atoms with van der Waals surface area (Å²) in [6.07, 6.45) is -0.537. The molecule has 1 fully saturated rings. The summed E-state index contributed by atoms with van der Waals surface area (Å²) in [5, 5.41) is 0. The van der Waals surface area contributed by atoms with Gasteiger partial charge in [-0.15, -0.1) is 0 Å². The molecule has 0 bridgehead atoms. The van der Waals surface area contributed by atoms with Crippen LogP contribution in [0.1, 0.15) is 26.5 Å². The molecule has 1 aromatic heterocycles. The quantitative estimate of drug-likeness (QED) is 0.379. The summed E-state index contributed by atoms with van der Waals surface area (Å²) in [6, 6.07) is 0. The van der Waals surface area contributed by atoms with Crippen molar-refractivity contribution in [2.75, 3.05) is 6.61 Å². The molecule has 9 nitrogen and oxygen atoms in total. The molecule has 2 rings (SSSR count). The summed E-state index contributed by atoms with van der Waals surface area (Å²) in [5.41, 5.74) is -1.11. The Balaban J connectivity index is 2.25. The van der Waals surface area contributed by atoms with E-state index in [2.05, 4.69) is 4.98 Å². The van der Waals surface area contributed by atoms with Crippen LogP contribution in [0, 0.1) is 0 Å². The van der Waals surface area contributed by atoms with E-state index in [0.717, 1.165) is 0 Å². The van der Waals surface area contributed by atoms with E-state index in [4.69, 9.17) is 22.5 Å². The Hall–Kier alpha value is -1.19. The van der Waals surface area contributed by atoms with Gasteiger partial charge in [0.25, 0.3) is 0 Å². The van der Waals surface area contributed by atoms with Gasteiger partial charge in [0.15, 0.2) is 0 Å². The van der Waals surface area contributed by atoms with Crippen LogP contribution < -0.4 is 14.3 Å². The molecule has 1 saturated heterocycles. The van der Waals surface area contributed by atoms with Crippen LogP contribution in [0.3, 0.4) is 0 Å². The van der Waals surface area contributed by atoms with E-state index >= 15 is 0 Å². The van der Waals surface area contributed by atoms with Crippen molar-refractivity contribution in [3.63, 3.8) is 0 Å². The third-order valence-corrected chi connectivity index (χ3v) is 9.05. The first-order chi connectivity index (χ1) is 11.3. The van der Waals surface area contributed by atoms with Gasteiger partial charge in [0.2, 0.25) is 0 Å². The number of rotatable bonds is 5. The molecule has 0 aromatic carbocycles. The zero-order valence-electron chi connectivity index (χ0n) is 13.1. The molecule has 1 aromatic rings. The number of hydrogen-bond acceptors (Lipinski definition) is 7. The fraction of sp³-hybridized carbons (Fsp3) is 0.538. The van der Waals surface area contributed by atoms with Crippen LogP contribution in [0.2, 0.25) is 0 Å². The Labute approximate surface area is 152 Å². The van der Waals surface area contributed by atoms with Crippen molar-refractivity contribution < 1.29 is 47.1 Å². The minimum atomic E-state index is -2.05. The molecule has 11 heteroatoms. The van der Waals surface area contributed by atoms with Crippen molar-refractivity contribution in [3.05, 3.63) is 27.0 Å². The van der Waals surface area contributed by atoms with Gasteiger partial charge in [-0.05, 0) is 0 Å². The molecule has 3 atom stereocenters. The number of carbonyl (C=O) groups is 2. The number of ether oxygens (including phenoxy) is 3. The zero-order chi connectivity index (χ0) is 17.9.